The highest BCUT2D eigenvalue weighted by molar-refractivity contribution is 5.87. The van der Waals surface area contributed by atoms with Gasteiger partial charge in [0.2, 0.25) is 0 Å². The van der Waals surface area contributed by atoms with Crippen LogP contribution in [0.1, 0.15) is 27.2 Å². The standard InChI is InChI=1S/C19H23NO4/c1-12(2)10-17(19(22)23)20-18(21)13(3)24-16-9-8-14-6-4-5-7-15(14)11-16/h4-9,11-13,17H,10H2,1-3H3,(H,20,21)(H,22,23). The monoisotopic (exact) mass is 329 g/mol. The van der Waals surface area contributed by atoms with Gasteiger partial charge >= 0.3 is 5.97 Å². The highest BCUT2D eigenvalue weighted by Crippen LogP contribution is 2.21. The molecule has 2 aromatic rings. The molecule has 0 radical (unpaired) electrons. The quantitative estimate of drug-likeness (QED) is 0.818. The van der Waals surface area contributed by atoms with Crippen LogP contribution in [0.25, 0.3) is 10.8 Å². The molecule has 0 aliphatic rings. The van der Waals surface area contributed by atoms with Crippen LogP contribution in [0, 0.1) is 5.92 Å². The van der Waals surface area contributed by atoms with Crippen LogP contribution >= 0.6 is 0 Å². The van der Waals surface area contributed by atoms with Gasteiger partial charge in [0.1, 0.15) is 11.8 Å². The van der Waals surface area contributed by atoms with Crippen molar-refractivity contribution in [1.82, 2.24) is 5.32 Å². The first-order chi connectivity index (χ1) is 11.4. The van der Waals surface area contributed by atoms with E-state index in [-0.39, 0.29) is 5.92 Å². The summed E-state index contributed by atoms with van der Waals surface area (Å²) in [5.74, 6) is -0.721. The number of benzene rings is 2. The Balaban J connectivity index is 2.02. The number of hydrogen-bond acceptors (Lipinski definition) is 3. The van der Waals surface area contributed by atoms with Gasteiger partial charge in [0, 0.05) is 0 Å². The Morgan fingerprint density at radius 2 is 1.75 bits per heavy atom. The molecule has 128 valence electrons. The molecule has 0 aromatic heterocycles. The molecule has 2 N–H and O–H groups in total. The van der Waals surface area contributed by atoms with Crippen LogP contribution in [0.15, 0.2) is 42.5 Å². The average molecular weight is 329 g/mol. The highest BCUT2D eigenvalue weighted by atomic mass is 16.5. The maximum absolute atomic E-state index is 12.2. The van der Waals surface area contributed by atoms with Crippen molar-refractivity contribution in [3.05, 3.63) is 42.5 Å². The van der Waals surface area contributed by atoms with Crippen LogP contribution in [0.4, 0.5) is 0 Å². The van der Waals surface area contributed by atoms with E-state index in [2.05, 4.69) is 5.32 Å². The Kier molecular flexibility index (Phi) is 5.79. The normalized spacial score (nSPS) is 13.5. The summed E-state index contributed by atoms with van der Waals surface area (Å²) in [5.41, 5.74) is 0. The van der Waals surface area contributed by atoms with Gasteiger partial charge in [-0.05, 0) is 42.2 Å². The van der Waals surface area contributed by atoms with Crippen molar-refractivity contribution in [3.63, 3.8) is 0 Å². The Hall–Kier alpha value is -2.56. The molecule has 2 rings (SSSR count). The minimum Gasteiger partial charge on any atom is -0.481 e. The summed E-state index contributed by atoms with van der Waals surface area (Å²) in [6.45, 7) is 5.44. The topological polar surface area (TPSA) is 75.6 Å². The summed E-state index contributed by atoms with van der Waals surface area (Å²) < 4.78 is 5.66. The Labute approximate surface area is 141 Å². The van der Waals surface area contributed by atoms with Crippen LogP contribution in [0.5, 0.6) is 5.75 Å². The predicted octanol–water partition coefficient (Wildman–Crippen LogP) is 3.22. The molecule has 5 heteroatoms. The minimum absolute atomic E-state index is 0.170. The number of rotatable bonds is 7. The van der Waals surface area contributed by atoms with Crippen LogP contribution in [0.2, 0.25) is 0 Å². The average Bonchev–Trinajstić information content (AvgIpc) is 2.53. The van der Waals surface area contributed by atoms with E-state index in [0.717, 1.165) is 10.8 Å². The lowest BCUT2D eigenvalue weighted by Gasteiger charge is -2.20. The number of nitrogens with one attached hydrogen (secondary N) is 1. The van der Waals surface area contributed by atoms with Gasteiger partial charge in [-0.25, -0.2) is 4.79 Å². The van der Waals surface area contributed by atoms with Gasteiger partial charge in [-0.3, -0.25) is 4.79 Å². The largest absolute Gasteiger partial charge is 0.481 e. The number of carbonyl (C=O) groups excluding carboxylic acids is 1. The molecule has 2 atom stereocenters. The zero-order chi connectivity index (χ0) is 17.7. The maximum atomic E-state index is 12.2. The van der Waals surface area contributed by atoms with Gasteiger partial charge in [0.15, 0.2) is 6.10 Å². The summed E-state index contributed by atoms with van der Waals surface area (Å²) in [6, 6.07) is 12.5. The van der Waals surface area contributed by atoms with Crippen molar-refractivity contribution < 1.29 is 19.4 Å². The molecule has 0 bridgehead atoms. The second-order valence-corrected chi connectivity index (χ2v) is 6.30. The van der Waals surface area contributed by atoms with E-state index < -0.39 is 24.0 Å². The van der Waals surface area contributed by atoms with Crippen LogP contribution in [-0.4, -0.2) is 29.1 Å². The van der Waals surface area contributed by atoms with Crippen molar-refractivity contribution in [2.24, 2.45) is 5.92 Å². The molecule has 0 aliphatic heterocycles. The van der Waals surface area contributed by atoms with E-state index in [1.165, 1.54) is 0 Å². The molecular formula is C19H23NO4. The summed E-state index contributed by atoms with van der Waals surface area (Å²) in [5, 5.41) is 13.9. The molecule has 0 spiro atoms. The molecule has 5 nitrogen and oxygen atoms in total. The second kappa shape index (κ2) is 7.81. The van der Waals surface area contributed by atoms with Gasteiger partial charge in [-0.15, -0.1) is 0 Å². The summed E-state index contributed by atoms with van der Waals surface area (Å²) in [4.78, 5) is 23.5. The summed E-state index contributed by atoms with van der Waals surface area (Å²) in [6.07, 6.45) is -0.399. The van der Waals surface area contributed by atoms with Gasteiger partial charge in [-0.2, -0.15) is 0 Å². The van der Waals surface area contributed by atoms with Crippen molar-refractivity contribution in [2.75, 3.05) is 0 Å². The SMILES string of the molecule is CC(C)CC(NC(=O)C(C)Oc1ccc2ccccc2c1)C(=O)O. The fraction of sp³-hybridized carbons (Fsp3) is 0.368. The lowest BCUT2D eigenvalue weighted by atomic mass is 10.0. The number of carbonyl (C=O) groups is 2. The summed E-state index contributed by atoms with van der Waals surface area (Å²) >= 11 is 0. The first-order valence-corrected chi connectivity index (χ1v) is 8.05. The molecule has 0 fully saturated rings. The third-order valence-electron chi connectivity index (χ3n) is 3.72. The molecule has 1 amide bonds. The Bertz CT molecular complexity index is 726. The lowest BCUT2D eigenvalue weighted by molar-refractivity contribution is -0.143. The Morgan fingerprint density at radius 1 is 1.08 bits per heavy atom. The fourth-order valence-corrected chi connectivity index (χ4v) is 2.48. The second-order valence-electron chi connectivity index (χ2n) is 6.30. The number of fused-ring (bicyclic) bond motifs is 1. The third-order valence-corrected chi connectivity index (χ3v) is 3.72. The van der Waals surface area contributed by atoms with Crippen molar-refractivity contribution >= 4 is 22.6 Å². The number of ether oxygens (including phenoxy) is 1. The van der Waals surface area contributed by atoms with Crippen LogP contribution in [0.3, 0.4) is 0 Å². The molecule has 0 aliphatic carbocycles. The smallest absolute Gasteiger partial charge is 0.326 e. The van der Waals surface area contributed by atoms with Gasteiger partial charge in [0.05, 0.1) is 0 Å². The molecule has 24 heavy (non-hydrogen) atoms. The number of amides is 1. The zero-order valence-electron chi connectivity index (χ0n) is 14.2. The third kappa shape index (κ3) is 4.72. The van der Waals surface area contributed by atoms with E-state index in [9.17, 15) is 14.7 Å². The van der Waals surface area contributed by atoms with Crippen molar-refractivity contribution in [2.45, 2.75) is 39.3 Å². The van der Waals surface area contributed by atoms with E-state index in [1.807, 2.05) is 50.2 Å². The van der Waals surface area contributed by atoms with Crippen molar-refractivity contribution in [1.29, 1.82) is 0 Å². The first kappa shape index (κ1) is 17.8. The lowest BCUT2D eigenvalue weighted by Crippen LogP contribution is -2.46. The Morgan fingerprint density at radius 3 is 2.38 bits per heavy atom. The number of carboxylic acid groups (broad SMARTS) is 1. The maximum Gasteiger partial charge on any atom is 0.326 e. The molecule has 2 aromatic carbocycles. The predicted molar refractivity (Wildman–Crippen MR) is 93.1 cm³/mol. The van der Waals surface area contributed by atoms with E-state index in [4.69, 9.17) is 4.74 Å². The minimum atomic E-state index is -1.03. The van der Waals surface area contributed by atoms with E-state index >= 15 is 0 Å². The number of carboxylic acids is 1. The van der Waals surface area contributed by atoms with Gasteiger partial charge in [0.25, 0.3) is 5.91 Å². The van der Waals surface area contributed by atoms with Gasteiger partial charge in [-0.1, -0.05) is 44.2 Å². The molecule has 2 unspecified atom stereocenters. The fourth-order valence-electron chi connectivity index (χ4n) is 2.48. The molecule has 0 saturated carbocycles. The van der Waals surface area contributed by atoms with E-state index in [0.29, 0.717) is 12.2 Å². The molecule has 0 saturated heterocycles. The van der Waals surface area contributed by atoms with Gasteiger partial charge < -0.3 is 15.2 Å². The summed E-state index contributed by atoms with van der Waals surface area (Å²) in [7, 11) is 0. The molecule has 0 heterocycles. The highest BCUT2D eigenvalue weighted by Gasteiger charge is 2.24. The first-order valence-electron chi connectivity index (χ1n) is 8.05. The van der Waals surface area contributed by atoms with E-state index in [1.54, 1.807) is 13.0 Å². The number of aliphatic carboxylic acids is 1. The number of hydrogen-bond donors (Lipinski definition) is 2. The van der Waals surface area contributed by atoms with Crippen molar-refractivity contribution in [3.8, 4) is 5.75 Å². The molecular weight excluding hydrogens is 306 g/mol. The van der Waals surface area contributed by atoms with Crippen LogP contribution < -0.4 is 10.1 Å². The zero-order valence-corrected chi connectivity index (χ0v) is 14.2. The van der Waals surface area contributed by atoms with Crippen LogP contribution in [-0.2, 0) is 9.59 Å².